The molecule has 1 aliphatic heterocycles. The van der Waals surface area contributed by atoms with Crippen LogP contribution in [0.2, 0.25) is 0 Å². The topological polar surface area (TPSA) is 38.9 Å². The van der Waals surface area contributed by atoms with Crippen LogP contribution in [0.3, 0.4) is 0 Å². The molecule has 1 saturated heterocycles. The lowest BCUT2D eigenvalue weighted by Gasteiger charge is -2.32. The molecule has 3 aromatic rings. The maximum absolute atomic E-state index is 4.94. The van der Waals surface area contributed by atoms with Gasteiger partial charge >= 0.3 is 0 Å². The van der Waals surface area contributed by atoms with E-state index in [9.17, 15) is 0 Å². The number of fused-ring (bicyclic) bond motifs is 1. The maximum Gasteiger partial charge on any atom is 0.158 e. The SMILES string of the molecule is Cc1nn(C)c2nc([C@H]3CCCN(Cc4cccn4C)C3)ccc12. The Morgan fingerprint density at radius 1 is 1.21 bits per heavy atom. The summed E-state index contributed by atoms with van der Waals surface area (Å²) < 4.78 is 4.12. The summed E-state index contributed by atoms with van der Waals surface area (Å²) in [4.78, 5) is 7.50. The highest BCUT2D eigenvalue weighted by Crippen LogP contribution is 2.28. The molecule has 3 aromatic heterocycles. The first-order valence-electron chi connectivity index (χ1n) is 8.74. The average molecular weight is 323 g/mol. The summed E-state index contributed by atoms with van der Waals surface area (Å²) in [6.07, 6.45) is 4.58. The van der Waals surface area contributed by atoms with Crippen molar-refractivity contribution in [1.82, 2.24) is 24.2 Å². The Balaban J connectivity index is 1.55. The van der Waals surface area contributed by atoms with Crippen molar-refractivity contribution in [2.75, 3.05) is 13.1 Å². The zero-order valence-corrected chi connectivity index (χ0v) is 14.7. The van der Waals surface area contributed by atoms with Gasteiger partial charge in [-0.2, -0.15) is 5.10 Å². The molecular weight excluding hydrogens is 298 g/mol. The number of hydrogen-bond donors (Lipinski definition) is 0. The zero-order valence-electron chi connectivity index (χ0n) is 14.7. The molecule has 24 heavy (non-hydrogen) atoms. The van der Waals surface area contributed by atoms with E-state index in [-0.39, 0.29) is 0 Å². The van der Waals surface area contributed by atoms with E-state index in [0.717, 1.165) is 29.8 Å². The van der Waals surface area contributed by atoms with Gasteiger partial charge in [-0.3, -0.25) is 9.58 Å². The van der Waals surface area contributed by atoms with Gasteiger partial charge in [0.1, 0.15) is 0 Å². The Kier molecular flexibility index (Phi) is 3.88. The Bertz CT molecular complexity index is 860. The molecule has 0 amide bonds. The van der Waals surface area contributed by atoms with Gasteiger partial charge < -0.3 is 4.57 Å². The molecule has 0 saturated carbocycles. The summed E-state index contributed by atoms with van der Waals surface area (Å²) in [6, 6.07) is 8.73. The van der Waals surface area contributed by atoms with Gasteiger partial charge in [-0.1, -0.05) is 0 Å². The zero-order chi connectivity index (χ0) is 16.7. The van der Waals surface area contributed by atoms with Crippen molar-refractivity contribution >= 4 is 11.0 Å². The molecule has 1 fully saturated rings. The highest BCUT2D eigenvalue weighted by atomic mass is 15.3. The molecular formula is C19H25N5. The first-order chi connectivity index (χ1) is 11.6. The van der Waals surface area contributed by atoms with Crippen LogP contribution in [-0.2, 0) is 20.6 Å². The summed E-state index contributed by atoms with van der Waals surface area (Å²) >= 11 is 0. The monoisotopic (exact) mass is 323 g/mol. The van der Waals surface area contributed by atoms with Crippen molar-refractivity contribution in [3.63, 3.8) is 0 Å². The Labute approximate surface area is 142 Å². The summed E-state index contributed by atoms with van der Waals surface area (Å²) in [5, 5.41) is 5.66. The fourth-order valence-electron chi connectivity index (χ4n) is 3.88. The second-order valence-electron chi connectivity index (χ2n) is 7.00. The quantitative estimate of drug-likeness (QED) is 0.744. The summed E-state index contributed by atoms with van der Waals surface area (Å²) in [7, 11) is 4.10. The lowest BCUT2D eigenvalue weighted by Crippen LogP contribution is -2.34. The van der Waals surface area contributed by atoms with Crippen LogP contribution in [0.15, 0.2) is 30.5 Å². The van der Waals surface area contributed by atoms with Gasteiger partial charge in [-0.25, -0.2) is 4.98 Å². The molecule has 5 nitrogen and oxygen atoms in total. The minimum absolute atomic E-state index is 0.513. The van der Waals surface area contributed by atoms with Crippen LogP contribution in [0.1, 0.15) is 35.8 Å². The number of rotatable bonds is 3. The second-order valence-corrected chi connectivity index (χ2v) is 7.00. The van der Waals surface area contributed by atoms with Crippen LogP contribution in [0.4, 0.5) is 0 Å². The third-order valence-electron chi connectivity index (χ3n) is 5.25. The van der Waals surface area contributed by atoms with Gasteiger partial charge in [0.2, 0.25) is 0 Å². The van der Waals surface area contributed by atoms with E-state index in [2.05, 4.69) is 52.1 Å². The number of likely N-dealkylation sites (tertiary alicyclic amines) is 1. The van der Waals surface area contributed by atoms with Crippen molar-refractivity contribution in [1.29, 1.82) is 0 Å². The molecule has 126 valence electrons. The van der Waals surface area contributed by atoms with Crippen LogP contribution < -0.4 is 0 Å². The van der Waals surface area contributed by atoms with E-state index in [1.54, 1.807) is 0 Å². The van der Waals surface area contributed by atoms with E-state index in [1.165, 1.54) is 30.8 Å². The number of piperidine rings is 1. The minimum atomic E-state index is 0.513. The van der Waals surface area contributed by atoms with Crippen molar-refractivity contribution in [2.24, 2.45) is 14.1 Å². The van der Waals surface area contributed by atoms with E-state index in [4.69, 9.17) is 4.98 Å². The van der Waals surface area contributed by atoms with Crippen LogP contribution in [0, 0.1) is 6.92 Å². The number of aryl methyl sites for hydroxylation is 3. The summed E-state index contributed by atoms with van der Waals surface area (Å²) in [5.41, 5.74) is 4.65. The molecule has 1 atom stereocenters. The molecule has 0 radical (unpaired) electrons. The normalized spacial score (nSPS) is 19.2. The molecule has 0 bridgehead atoms. The predicted molar refractivity (Wildman–Crippen MR) is 95.9 cm³/mol. The molecule has 1 aliphatic rings. The van der Waals surface area contributed by atoms with Gasteiger partial charge in [0.15, 0.2) is 5.65 Å². The molecule has 4 heterocycles. The van der Waals surface area contributed by atoms with Crippen LogP contribution in [0.5, 0.6) is 0 Å². The van der Waals surface area contributed by atoms with Gasteiger partial charge in [0.25, 0.3) is 0 Å². The largest absolute Gasteiger partial charge is 0.353 e. The molecule has 5 heteroatoms. The molecule has 0 aromatic carbocycles. The average Bonchev–Trinajstić information content (AvgIpc) is 3.11. The van der Waals surface area contributed by atoms with E-state index < -0.39 is 0 Å². The fraction of sp³-hybridized carbons (Fsp3) is 0.474. The molecule has 0 N–H and O–H groups in total. The Morgan fingerprint density at radius 2 is 2.08 bits per heavy atom. The number of nitrogens with zero attached hydrogens (tertiary/aromatic N) is 5. The number of hydrogen-bond acceptors (Lipinski definition) is 3. The van der Waals surface area contributed by atoms with Crippen LogP contribution in [-0.4, -0.2) is 37.3 Å². The maximum atomic E-state index is 4.94. The smallest absolute Gasteiger partial charge is 0.158 e. The summed E-state index contributed by atoms with van der Waals surface area (Å²) in [5.74, 6) is 0.513. The number of pyridine rings is 1. The predicted octanol–water partition coefficient (Wildman–Crippen LogP) is 2.99. The summed E-state index contributed by atoms with van der Waals surface area (Å²) in [6.45, 7) is 5.33. The molecule has 4 rings (SSSR count). The third kappa shape index (κ3) is 2.73. The second kappa shape index (κ2) is 6.06. The lowest BCUT2D eigenvalue weighted by atomic mass is 9.94. The Morgan fingerprint density at radius 3 is 2.88 bits per heavy atom. The highest BCUT2D eigenvalue weighted by Gasteiger charge is 2.23. The van der Waals surface area contributed by atoms with E-state index in [0.29, 0.717) is 5.92 Å². The molecule has 0 unspecified atom stereocenters. The third-order valence-corrected chi connectivity index (χ3v) is 5.25. The van der Waals surface area contributed by atoms with Crippen LogP contribution in [0.25, 0.3) is 11.0 Å². The molecule has 0 spiro atoms. The van der Waals surface area contributed by atoms with Crippen molar-refractivity contribution in [3.05, 3.63) is 47.5 Å². The van der Waals surface area contributed by atoms with Gasteiger partial charge in [0.05, 0.1) is 5.69 Å². The van der Waals surface area contributed by atoms with Gasteiger partial charge in [-0.15, -0.1) is 0 Å². The Hall–Kier alpha value is -2.14. The first-order valence-corrected chi connectivity index (χ1v) is 8.74. The first kappa shape index (κ1) is 15.4. The van der Waals surface area contributed by atoms with Crippen LogP contribution >= 0.6 is 0 Å². The van der Waals surface area contributed by atoms with Crippen molar-refractivity contribution in [3.8, 4) is 0 Å². The minimum Gasteiger partial charge on any atom is -0.353 e. The van der Waals surface area contributed by atoms with E-state index in [1.807, 2.05) is 18.7 Å². The molecule has 0 aliphatic carbocycles. The fourth-order valence-corrected chi connectivity index (χ4v) is 3.88. The van der Waals surface area contributed by atoms with Crippen molar-refractivity contribution < 1.29 is 0 Å². The van der Waals surface area contributed by atoms with E-state index >= 15 is 0 Å². The highest BCUT2D eigenvalue weighted by molar-refractivity contribution is 5.78. The lowest BCUT2D eigenvalue weighted by molar-refractivity contribution is 0.195. The van der Waals surface area contributed by atoms with Gasteiger partial charge in [-0.05, 0) is 50.6 Å². The number of aromatic nitrogens is 4. The van der Waals surface area contributed by atoms with Crippen molar-refractivity contribution in [2.45, 2.75) is 32.2 Å². The standard InChI is InChI=1S/C19H25N5/c1-14-17-8-9-18(20-19(17)23(3)21-14)15-6-4-11-24(12-15)13-16-7-5-10-22(16)2/h5,7-10,15H,4,6,11-13H2,1-3H3/t15-/m0/s1. The van der Waals surface area contributed by atoms with Gasteiger partial charge in [0, 0.05) is 56.1 Å².